The lowest BCUT2D eigenvalue weighted by atomic mass is 10.3. The van der Waals surface area contributed by atoms with Crippen molar-refractivity contribution in [2.24, 2.45) is 0 Å². The first-order valence-corrected chi connectivity index (χ1v) is 4.58. The van der Waals surface area contributed by atoms with Crippen molar-refractivity contribution >= 4 is 0 Å². The molecule has 0 atom stereocenters. The summed E-state index contributed by atoms with van der Waals surface area (Å²) in [5.41, 5.74) is 1.22. The highest BCUT2D eigenvalue weighted by Gasteiger charge is 1.99. The van der Waals surface area contributed by atoms with Gasteiger partial charge in [0.05, 0.1) is 12.8 Å². The maximum absolute atomic E-state index is 5.30. The molecule has 0 unspecified atom stereocenters. The van der Waals surface area contributed by atoms with Gasteiger partial charge in [-0.1, -0.05) is 0 Å². The Kier molecular flexibility index (Phi) is 3.99. The van der Waals surface area contributed by atoms with Crippen LogP contribution in [0.2, 0.25) is 0 Å². The Labute approximate surface area is 79.7 Å². The molecule has 3 heteroatoms. The van der Waals surface area contributed by atoms with Gasteiger partial charge in [0, 0.05) is 13.1 Å². The largest absolute Gasteiger partial charge is 0.468 e. The molecule has 13 heavy (non-hydrogen) atoms. The van der Waals surface area contributed by atoms with Gasteiger partial charge in [0.1, 0.15) is 5.76 Å². The van der Waals surface area contributed by atoms with E-state index in [9.17, 15) is 0 Å². The number of rotatable bonds is 5. The summed E-state index contributed by atoms with van der Waals surface area (Å²) in [7, 11) is 4.14. The highest BCUT2D eigenvalue weighted by atomic mass is 16.3. The van der Waals surface area contributed by atoms with Crippen molar-refractivity contribution in [2.45, 2.75) is 13.5 Å². The van der Waals surface area contributed by atoms with Crippen LogP contribution in [-0.4, -0.2) is 32.1 Å². The van der Waals surface area contributed by atoms with E-state index in [-0.39, 0.29) is 0 Å². The minimum absolute atomic E-state index is 0.826. The lowest BCUT2D eigenvalue weighted by Crippen LogP contribution is -2.26. The van der Waals surface area contributed by atoms with Crippen LogP contribution in [0.3, 0.4) is 0 Å². The smallest absolute Gasteiger partial charge is 0.120 e. The molecule has 0 aliphatic rings. The standard InChI is InChI=1S/C10H18N2O/c1-9-4-7-13-10(9)8-11-5-6-12(2)3/h4,7,11H,5-6,8H2,1-3H3. The summed E-state index contributed by atoms with van der Waals surface area (Å²) in [5, 5.41) is 3.32. The number of furan rings is 1. The highest BCUT2D eigenvalue weighted by Crippen LogP contribution is 2.07. The average molecular weight is 182 g/mol. The van der Waals surface area contributed by atoms with Gasteiger partial charge in [0.2, 0.25) is 0 Å². The van der Waals surface area contributed by atoms with E-state index in [0.29, 0.717) is 0 Å². The maximum Gasteiger partial charge on any atom is 0.120 e. The van der Waals surface area contributed by atoms with Gasteiger partial charge in [-0.25, -0.2) is 0 Å². The van der Waals surface area contributed by atoms with Crippen molar-refractivity contribution in [3.8, 4) is 0 Å². The van der Waals surface area contributed by atoms with Crippen LogP contribution in [0.1, 0.15) is 11.3 Å². The van der Waals surface area contributed by atoms with E-state index in [1.807, 2.05) is 6.07 Å². The second kappa shape index (κ2) is 5.04. The van der Waals surface area contributed by atoms with Gasteiger partial charge in [-0.2, -0.15) is 0 Å². The summed E-state index contributed by atoms with van der Waals surface area (Å²) in [5.74, 6) is 1.04. The summed E-state index contributed by atoms with van der Waals surface area (Å²) < 4.78 is 5.30. The Bertz CT molecular complexity index is 243. The van der Waals surface area contributed by atoms with Crippen molar-refractivity contribution in [2.75, 3.05) is 27.2 Å². The first kappa shape index (κ1) is 10.3. The molecule has 0 bridgehead atoms. The number of hydrogen-bond acceptors (Lipinski definition) is 3. The highest BCUT2D eigenvalue weighted by molar-refractivity contribution is 5.13. The van der Waals surface area contributed by atoms with Crippen molar-refractivity contribution in [3.63, 3.8) is 0 Å². The second-order valence-electron chi connectivity index (χ2n) is 3.51. The zero-order valence-electron chi connectivity index (χ0n) is 8.63. The molecule has 0 fully saturated rings. The SMILES string of the molecule is Cc1ccoc1CNCCN(C)C. The zero-order valence-corrected chi connectivity index (χ0v) is 8.63. The van der Waals surface area contributed by atoms with Gasteiger partial charge in [-0.05, 0) is 32.6 Å². The van der Waals surface area contributed by atoms with E-state index in [1.165, 1.54) is 5.56 Å². The third-order valence-corrected chi connectivity index (χ3v) is 1.99. The van der Waals surface area contributed by atoms with Gasteiger partial charge in [-0.3, -0.25) is 0 Å². The van der Waals surface area contributed by atoms with Crippen molar-refractivity contribution in [1.82, 2.24) is 10.2 Å². The predicted molar refractivity (Wildman–Crippen MR) is 53.7 cm³/mol. The Morgan fingerprint density at radius 2 is 2.23 bits per heavy atom. The van der Waals surface area contributed by atoms with Gasteiger partial charge >= 0.3 is 0 Å². The Hall–Kier alpha value is -0.800. The Morgan fingerprint density at radius 3 is 2.77 bits per heavy atom. The topological polar surface area (TPSA) is 28.4 Å². The monoisotopic (exact) mass is 182 g/mol. The van der Waals surface area contributed by atoms with Crippen molar-refractivity contribution in [1.29, 1.82) is 0 Å². The Morgan fingerprint density at radius 1 is 1.46 bits per heavy atom. The number of nitrogens with zero attached hydrogens (tertiary/aromatic N) is 1. The molecule has 0 amide bonds. The Balaban J connectivity index is 2.17. The molecule has 0 radical (unpaired) electrons. The zero-order chi connectivity index (χ0) is 9.68. The normalized spacial score (nSPS) is 11.1. The molecular weight excluding hydrogens is 164 g/mol. The van der Waals surface area contributed by atoms with Crippen LogP contribution in [0, 0.1) is 6.92 Å². The first-order valence-electron chi connectivity index (χ1n) is 4.58. The molecule has 0 aliphatic carbocycles. The molecular formula is C10H18N2O. The molecule has 0 saturated heterocycles. The van der Waals surface area contributed by atoms with E-state index in [4.69, 9.17) is 4.42 Å². The molecule has 74 valence electrons. The molecule has 0 aliphatic heterocycles. The van der Waals surface area contributed by atoms with E-state index in [1.54, 1.807) is 6.26 Å². The van der Waals surface area contributed by atoms with Crippen LogP contribution in [0.4, 0.5) is 0 Å². The summed E-state index contributed by atoms with van der Waals surface area (Å²) in [6.45, 7) is 4.94. The molecule has 1 rings (SSSR count). The quantitative estimate of drug-likeness (QED) is 0.694. The maximum atomic E-state index is 5.30. The van der Waals surface area contributed by atoms with Crippen LogP contribution in [0.15, 0.2) is 16.7 Å². The summed E-state index contributed by atoms with van der Waals surface area (Å²) in [6.07, 6.45) is 1.73. The first-order chi connectivity index (χ1) is 6.20. The van der Waals surface area contributed by atoms with Crippen molar-refractivity contribution < 1.29 is 4.42 Å². The summed E-state index contributed by atoms with van der Waals surface area (Å²) in [6, 6.07) is 1.99. The fourth-order valence-electron chi connectivity index (χ4n) is 1.09. The molecule has 1 heterocycles. The van der Waals surface area contributed by atoms with E-state index >= 15 is 0 Å². The van der Waals surface area contributed by atoms with Crippen LogP contribution >= 0.6 is 0 Å². The average Bonchev–Trinajstić information content (AvgIpc) is 2.45. The molecule has 0 aromatic carbocycles. The van der Waals surface area contributed by atoms with Gasteiger partial charge < -0.3 is 14.6 Å². The molecule has 1 N–H and O–H groups in total. The summed E-state index contributed by atoms with van der Waals surface area (Å²) in [4.78, 5) is 2.15. The second-order valence-corrected chi connectivity index (χ2v) is 3.51. The minimum Gasteiger partial charge on any atom is -0.468 e. The van der Waals surface area contributed by atoms with Gasteiger partial charge in [0.25, 0.3) is 0 Å². The fraction of sp³-hybridized carbons (Fsp3) is 0.600. The van der Waals surface area contributed by atoms with E-state index in [0.717, 1.165) is 25.4 Å². The number of hydrogen-bond donors (Lipinski definition) is 1. The van der Waals surface area contributed by atoms with Gasteiger partial charge in [-0.15, -0.1) is 0 Å². The number of likely N-dealkylation sites (N-methyl/N-ethyl adjacent to an activating group) is 1. The van der Waals surface area contributed by atoms with E-state index < -0.39 is 0 Å². The van der Waals surface area contributed by atoms with Crippen LogP contribution in [-0.2, 0) is 6.54 Å². The molecule has 1 aromatic rings. The lowest BCUT2D eigenvalue weighted by Gasteiger charge is -2.09. The number of aryl methyl sites for hydroxylation is 1. The lowest BCUT2D eigenvalue weighted by molar-refractivity contribution is 0.391. The molecule has 0 spiro atoms. The molecule has 1 aromatic heterocycles. The summed E-state index contributed by atoms with van der Waals surface area (Å²) >= 11 is 0. The number of nitrogens with one attached hydrogen (secondary N) is 1. The minimum atomic E-state index is 0.826. The fourth-order valence-corrected chi connectivity index (χ4v) is 1.09. The van der Waals surface area contributed by atoms with Crippen molar-refractivity contribution in [3.05, 3.63) is 23.7 Å². The molecule has 3 nitrogen and oxygen atoms in total. The van der Waals surface area contributed by atoms with Crippen LogP contribution < -0.4 is 5.32 Å². The van der Waals surface area contributed by atoms with Crippen LogP contribution in [0.5, 0.6) is 0 Å². The predicted octanol–water partition coefficient (Wildman–Crippen LogP) is 1.24. The van der Waals surface area contributed by atoms with Gasteiger partial charge in [0.15, 0.2) is 0 Å². The van der Waals surface area contributed by atoms with Crippen LogP contribution in [0.25, 0.3) is 0 Å². The third kappa shape index (κ3) is 3.61. The van der Waals surface area contributed by atoms with E-state index in [2.05, 4.69) is 31.2 Å². The third-order valence-electron chi connectivity index (χ3n) is 1.99. The molecule has 0 saturated carbocycles.